The summed E-state index contributed by atoms with van der Waals surface area (Å²) in [5, 5.41) is 0. The first-order valence-corrected chi connectivity index (χ1v) is 6.03. The summed E-state index contributed by atoms with van der Waals surface area (Å²) >= 11 is 0. The Balaban J connectivity index is 1.67. The number of carbonyl (C=O) groups excluding carboxylic acids is 2. The average molecular weight is 288 g/mol. The predicted octanol–water partition coefficient (Wildman–Crippen LogP) is 3.38. The first-order chi connectivity index (χ1) is 10.2. The molecule has 0 heterocycles. The third-order valence-corrected chi connectivity index (χ3v) is 2.24. The minimum Gasteiger partial charge on any atom is -0.396 e. The van der Waals surface area contributed by atoms with Gasteiger partial charge in [-0.15, -0.1) is 0 Å². The highest BCUT2D eigenvalue weighted by Crippen LogP contribution is 2.10. The maximum absolute atomic E-state index is 11.3. The van der Waals surface area contributed by atoms with Crippen molar-refractivity contribution in [3.8, 4) is 11.5 Å². The van der Waals surface area contributed by atoms with Crippen molar-refractivity contribution in [2.24, 2.45) is 0 Å². The van der Waals surface area contributed by atoms with Gasteiger partial charge in [0.05, 0.1) is 0 Å². The second-order valence-corrected chi connectivity index (χ2v) is 3.74. The third-order valence-electron chi connectivity index (χ3n) is 2.24. The van der Waals surface area contributed by atoms with Crippen LogP contribution in [0.3, 0.4) is 0 Å². The predicted molar refractivity (Wildman–Crippen MR) is 72.0 cm³/mol. The van der Waals surface area contributed by atoms with E-state index in [1.54, 1.807) is 60.7 Å². The molecule has 6 heteroatoms. The number of hydrogen-bond acceptors (Lipinski definition) is 6. The standard InChI is InChI=1S/C15H12O6/c16-14(20-12-7-3-1-4-8-12)18-11-19-15(17)21-13-9-5-2-6-10-13/h1-10H,11H2. The highest BCUT2D eigenvalue weighted by Gasteiger charge is 2.09. The minimum atomic E-state index is -0.978. The number of rotatable bonds is 4. The molecule has 2 aromatic carbocycles. The molecule has 108 valence electrons. The van der Waals surface area contributed by atoms with Crippen LogP contribution in [0, 0.1) is 0 Å². The van der Waals surface area contributed by atoms with Crippen LogP contribution >= 0.6 is 0 Å². The fourth-order valence-corrected chi connectivity index (χ4v) is 1.35. The molecule has 0 spiro atoms. The zero-order valence-electron chi connectivity index (χ0n) is 10.9. The first-order valence-electron chi connectivity index (χ1n) is 6.03. The molecule has 0 aliphatic heterocycles. The quantitative estimate of drug-likeness (QED) is 0.488. The molecule has 0 saturated carbocycles. The normalized spacial score (nSPS) is 9.52. The molecular formula is C15H12O6. The average Bonchev–Trinajstić information content (AvgIpc) is 2.49. The van der Waals surface area contributed by atoms with E-state index in [0.29, 0.717) is 11.5 Å². The summed E-state index contributed by atoms with van der Waals surface area (Å²) in [5.74, 6) is 0.656. The lowest BCUT2D eigenvalue weighted by Crippen LogP contribution is -2.17. The van der Waals surface area contributed by atoms with Crippen molar-refractivity contribution in [1.82, 2.24) is 0 Å². The molecular weight excluding hydrogens is 276 g/mol. The SMILES string of the molecule is O=C(OCOC(=O)Oc1ccccc1)Oc1ccccc1. The van der Waals surface area contributed by atoms with Crippen molar-refractivity contribution in [1.29, 1.82) is 0 Å². The van der Waals surface area contributed by atoms with E-state index in [4.69, 9.17) is 9.47 Å². The van der Waals surface area contributed by atoms with Gasteiger partial charge in [-0.05, 0) is 24.3 Å². The van der Waals surface area contributed by atoms with Gasteiger partial charge in [-0.3, -0.25) is 0 Å². The molecule has 6 nitrogen and oxygen atoms in total. The van der Waals surface area contributed by atoms with Crippen LogP contribution in [0.15, 0.2) is 60.7 Å². The molecule has 21 heavy (non-hydrogen) atoms. The zero-order chi connectivity index (χ0) is 14.9. The van der Waals surface area contributed by atoms with Crippen LogP contribution in [0.2, 0.25) is 0 Å². The molecule has 0 aliphatic rings. The Hall–Kier alpha value is -3.02. The lowest BCUT2D eigenvalue weighted by molar-refractivity contribution is -0.0106. The Bertz CT molecular complexity index is 528. The summed E-state index contributed by atoms with van der Waals surface area (Å²) < 4.78 is 18.8. The largest absolute Gasteiger partial charge is 0.516 e. The number of carbonyl (C=O) groups is 2. The topological polar surface area (TPSA) is 71.1 Å². The van der Waals surface area contributed by atoms with Gasteiger partial charge in [0.1, 0.15) is 11.5 Å². The summed E-state index contributed by atoms with van der Waals surface area (Å²) in [6, 6.07) is 16.7. The van der Waals surface area contributed by atoms with Gasteiger partial charge in [0, 0.05) is 0 Å². The maximum atomic E-state index is 11.3. The molecule has 2 aromatic rings. The fourth-order valence-electron chi connectivity index (χ4n) is 1.35. The summed E-state index contributed by atoms with van der Waals surface area (Å²) in [6.07, 6.45) is -1.96. The van der Waals surface area contributed by atoms with Crippen LogP contribution in [-0.2, 0) is 9.47 Å². The van der Waals surface area contributed by atoms with Crippen LogP contribution in [0.25, 0.3) is 0 Å². The minimum absolute atomic E-state index is 0.328. The van der Waals surface area contributed by atoms with E-state index < -0.39 is 19.1 Å². The fraction of sp³-hybridized carbons (Fsp3) is 0.0667. The van der Waals surface area contributed by atoms with Gasteiger partial charge in [0.15, 0.2) is 0 Å². The molecule has 0 aliphatic carbocycles. The zero-order valence-corrected chi connectivity index (χ0v) is 10.9. The van der Waals surface area contributed by atoms with Gasteiger partial charge in [-0.1, -0.05) is 36.4 Å². The third kappa shape index (κ3) is 5.23. The van der Waals surface area contributed by atoms with Crippen molar-refractivity contribution in [2.45, 2.75) is 0 Å². The van der Waals surface area contributed by atoms with E-state index in [0.717, 1.165) is 0 Å². The number of benzene rings is 2. The van der Waals surface area contributed by atoms with Gasteiger partial charge < -0.3 is 18.9 Å². The maximum Gasteiger partial charge on any atom is 0.516 e. The Morgan fingerprint density at radius 1 is 0.667 bits per heavy atom. The molecule has 0 unspecified atom stereocenters. The van der Waals surface area contributed by atoms with E-state index in [1.807, 2.05) is 0 Å². The Kier molecular flexibility index (Phi) is 5.17. The lowest BCUT2D eigenvalue weighted by atomic mass is 10.3. The number of ether oxygens (including phenoxy) is 4. The van der Waals surface area contributed by atoms with E-state index in [9.17, 15) is 9.59 Å². The number of hydrogen-bond donors (Lipinski definition) is 0. The second kappa shape index (κ2) is 7.54. The summed E-state index contributed by atoms with van der Waals surface area (Å²) in [7, 11) is 0. The summed E-state index contributed by atoms with van der Waals surface area (Å²) in [4.78, 5) is 22.6. The molecule has 0 saturated heterocycles. The molecule has 0 atom stereocenters. The second-order valence-electron chi connectivity index (χ2n) is 3.74. The van der Waals surface area contributed by atoms with Crippen molar-refractivity contribution >= 4 is 12.3 Å². The van der Waals surface area contributed by atoms with Crippen molar-refractivity contribution in [3.63, 3.8) is 0 Å². The Morgan fingerprint density at radius 2 is 1.05 bits per heavy atom. The van der Waals surface area contributed by atoms with Crippen molar-refractivity contribution < 1.29 is 28.5 Å². The van der Waals surface area contributed by atoms with Crippen molar-refractivity contribution in [3.05, 3.63) is 60.7 Å². The number of para-hydroxylation sites is 2. The Labute approximate surface area is 120 Å². The van der Waals surface area contributed by atoms with Crippen LogP contribution < -0.4 is 9.47 Å². The van der Waals surface area contributed by atoms with Gasteiger partial charge in [-0.25, -0.2) is 9.59 Å². The monoisotopic (exact) mass is 288 g/mol. The lowest BCUT2D eigenvalue weighted by Gasteiger charge is -2.07. The molecule has 0 fully saturated rings. The summed E-state index contributed by atoms with van der Waals surface area (Å²) in [6.45, 7) is -0.600. The van der Waals surface area contributed by atoms with E-state index in [-0.39, 0.29) is 0 Å². The van der Waals surface area contributed by atoms with Crippen LogP contribution in [0.5, 0.6) is 11.5 Å². The van der Waals surface area contributed by atoms with Crippen LogP contribution in [-0.4, -0.2) is 19.1 Å². The molecule has 0 bridgehead atoms. The molecule has 0 radical (unpaired) electrons. The molecule has 0 aromatic heterocycles. The van der Waals surface area contributed by atoms with Gasteiger partial charge in [-0.2, -0.15) is 0 Å². The summed E-state index contributed by atoms with van der Waals surface area (Å²) in [5.41, 5.74) is 0. The van der Waals surface area contributed by atoms with Crippen LogP contribution in [0.1, 0.15) is 0 Å². The van der Waals surface area contributed by atoms with Crippen molar-refractivity contribution in [2.75, 3.05) is 6.79 Å². The van der Waals surface area contributed by atoms with E-state index in [2.05, 4.69) is 9.47 Å². The highest BCUT2D eigenvalue weighted by atomic mass is 16.8. The van der Waals surface area contributed by atoms with Gasteiger partial charge in [0.25, 0.3) is 0 Å². The molecule has 0 N–H and O–H groups in total. The van der Waals surface area contributed by atoms with Gasteiger partial charge >= 0.3 is 12.3 Å². The van der Waals surface area contributed by atoms with E-state index >= 15 is 0 Å². The van der Waals surface area contributed by atoms with E-state index in [1.165, 1.54) is 0 Å². The first kappa shape index (κ1) is 14.4. The molecule has 0 amide bonds. The molecule has 2 rings (SSSR count). The highest BCUT2D eigenvalue weighted by molar-refractivity contribution is 5.65. The Morgan fingerprint density at radius 3 is 1.43 bits per heavy atom. The smallest absolute Gasteiger partial charge is 0.396 e. The van der Waals surface area contributed by atoms with Gasteiger partial charge in [0.2, 0.25) is 6.79 Å². The van der Waals surface area contributed by atoms with Crippen LogP contribution in [0.4, 0.5) is 9.59 Å².